The van der Waals surface area contributed by atoms with Gasteiger partial charge in [0.2, 0.25) is 0 Å². The third-order valence-corrected chi connectivity index (χ3v) is 5.36. The SMILES string of the molecule is O=S1(=O)CCC(C(CBr)COCC(F)(F)F)C1. The van der Waals surface area contributed by atoms with E-state index in [0.29, 0.717) is 11.8 Å². The summed E-state index contributed by atoms with van der Waals surface area (Å²) < 4.78 is 62.7. The van der Waals surface area contributed by atoms with Gasteiger partial charge in [0, 0.05) is 5.33 Å². The van der Waals surface area contributed by atoms with Crippen molar-refractivity contribution in [2.75, 3.05) is 30.0 Å². The molecule has 3 nitrogen and oxygen atoms in total. The molecule has 2 unspecified atom stereocenters. The Kier molecular flexibility index (Phi) is 5.27. The van der Waals surface area contributed by atoms with Gasteiger partial charge in [-0.1, -0.05) is 15.9 Å². The first kappa shape index (κ1) is 15.2. The molecular weight excluding hydrogens is 325 g/mol. The molecule has 0 saturated carbocycles. The Morgan fingerprint density at radius 2 is 2.06 bits per heavy atom. The molecule has 1 aliphatic heterocycles. The van der Waals surface area contributed by atoms with Crippen molar-refractivity contribution >= 4 is 25.8 Å². The van der Waals surface area contributed by atoms with Crippen LogP contribution < -0.4 is 0 Å². The number of alkyl halides is 4. The average molecular weight is 339 g/mol. The van der Waals surface area contributed by atoms with Crippen molar-refractivity contribution in [3.63, 3.8) is 0 Å². The normalized spacial score (nSPS) is 26.0. The second-order valence-electron chi connectivity index (χ2n) is 4.21. The zero-order valence-electron chi connectivity index (χ0n) is 9.04. The predicted octanol–water partition coefficient (Wildman–Crippen LogP) is 2.01. The van der Waals surface area contributed by atoms with Gasteiger partial charge in [-0.3, -0.25) is 0 Å². The van der Waals surface area contributed by atoms with Crippen LogP contribution in [0, 0.1) is 11.8 Å². The lowest BCUT2D eigenvalue weighted by molar-refractivity contribution is -0.176. The van der Waals surface area contributed by atoms with E-state index in [1.54, 1.807) is 0 Å². The van der Waals surface area contributed by atoms with E-state index < -0.39 is 22.6 Å². The monoisotopic (exact) mass is 338 g/mol. The average Bonchev–Trinajstić information content (AvgIpc) is 2.52. The third-order valence-electron chi connectivity index (χ3n) is 2.73. The van der Waals surface area contributed by atoms with Crippen molar-refractivity contribution in [1.29, 1.82) is 0 Å². The van der Waals surface area contributed by atoms with Gasteiger partial charge in [0.1, 0.15) is 6.61 Å². The van der Waals surface area contributed by atoms with E-state index in [0.717, 1.165) is 0 Å². The second kappa shape index (κ2) is 5.88. The van der Waals surface area contributed by atoms with E-state index >= 15 is 0 Å². The largest absolute Gasteiger partial charge is 0.411 e. The molecule has 1 rings (SSSR count). The molecular formula is C9H14BrF3O3S. The summed E-state index contributed by atoms with van der Waals surface area (Å²) in [6.45, 7) is -1.35. The Bertz CT molecular complexity index is 342. The van der Waals surface area contributed by atoms with Crippen LogP contribution in [0.2, 0.25) is 0 Å². The van der Waals surface area contributed by atoms with Crippen LogP contribution in [0.15, 0.2) is 0 Å². The number of halogens is 4. The number of hydrogen-bond donors (Lipinski definition) is 0. The second-order valence-corrected chi connectivity index (χ2v) is 7.08. The van der Waals surface area contributed by atoms with Crippen LogP contribution in [0.4, 0.5) is 13.2 Å². The van der Waals surface area contributed by atoms with Gasteiger partial charge < -0.3 is 4.74 Å². The van der Waals surface area contributed by atoms with E-state index in [-0.39, 0.29) is 29.9 Å². The fraction of sp³-hybridized carbons (Fsp3) is 1.00. The van der Waals surface area contributed by atoms with E-state index in [4.69, 9.17) is 0 Å². The summed E-state index contributed by atoms with van der Waals surface area (Å²) in [5, 5.41) is 0.449. The predicted molar refractivity (Wildman–Crippen MR) is 60.9 cm³/mol. The first-order valence-corrected chi connectivity index (χ1v) is 8.08. The van der Waals surface area contributed by atoms with Crippen LogP contribution in [0.25, 0.3) is 0 Å². The van der Waals surface area contributed by atoms with Gasteiger partial charge in [-0.05, 0) is 18.3 Å². The zero-order valence-corrected chi connectivity index (χ0v) is 11.4. The summed E-state index contributed by atoms with van der Waals surface area (Å²) >= 11 is 3.19. The van der Waals surface area contributed by atoms with Gasteiger partial charge in [-0.2, -0.15) is 13.2 Å². The smallest absolute Gasteiger partial charge is 0.372 e. The molecule has 0 bridgehead atoms. The van der Waals surface area contributed by atoms with Crippen LogP contribution in [0.1, 0.15) is 6.42 Å². The number of ether oxygens (including phenoxy) is 1. The molecule has 1 aliphatic rings. The molecule has 102 valence electrons. The maximum absolute atomic E-state index is 11.9. The van der Waals surface area contributed by atoms with Gasteiger partial charge in [-0.15, -0.1) is 0 Å². The van der Waals surface area contributed by atoms with E-state index in [9.17, 15) is 21.6 Å². The Morgan fingerprint density at radius 3 is 2.47 bits per heavy atom. The highest BCUT2D eigenvalue weighted by Crippen LogP contribution is 2.28. The summed E-state index contributed by atoms with van der Waals surface area (Å²) in [6, 6.07) is 0. The summed E-state index contributed by atoms with van der Waals surface area (Å²) in [7, 11) is -3.00. The lowest BCUT2D eigenvalue weighted by Crippen LogP contribution is -2.26. The summed E-state index contributed by atoms with van der Waals surface area (Å²) in [6.07, 6.45) is -3.83. The fourth-order valence-electron chi connectivity index (χ4n) is 1.83. The Morgan fingerprint density at radius 1 is 1.41 bits per heavy atom. The van der Waals surface area contributed by atoms with Gasteiger partial charge >= 0.3 is 6.18 Å². The molecule has 1 heterocycles. The summed E-state index contributed by atoms with van der Waals surface area (Å²) in [4.78, 5) is 0. The standard InChI is InChI=1S/C9H14BrF3O3S/c10-3-8(4-16-6-9(11,12)13)7-1-2-17(14,15)5-7/h7-8H,1-6H2. The van der Waals surface area contributed by atoms with Crippen LogP contribution in [-0.4, -0.2) is 44.6 Å². The highest BCUT2D eigenvalue weighted by atomic mass is 79.9. The molecule has 8 heteroatoms. The topological polar surface area (TPSA) is 43.4 Å². The van der Waals surface area contributed by atoms with E-state index in [2.05, 4.69) is 20.7 Å². The van der Waals surface area contributed by atoms with Crippen LogP contribution in [0.3, 0.4) is 0 Å². The summed E-state index contributed by atoms with van der Waals surface area (Å²) in [5.74, 6) is -0.110. The molecule has 0 spiro atoms. The van der Waals surface area contributed by atoms with Crippen LogP contribution in [-0.2, 0) is 14.6 Å². The van der Waals surface area contributed by atoms with Crippen LogP contribution >= 0.6 is 15.9 Å². The van der Waals surface area contributed by atoms with Gasteiger partial charge in [0.25, 0.3) is 0 Å². The molecule has 0 aliphatic carbocycles. The Hall–Kier alpha value is 0.180. The molecule has 1 fully saturated rings. The van der Waals surface area contributed by atoms with Crippen molar-refractivity contribution in [3.05, 3.63) is 0 Å². The van der Waals surface area contributed by atoms with Crippen molar-refractivity contribution in [1.82, 2.24) is 0 Å². The molecule has 0 N–H and O–H groups in total. The van der Waals surface area contributed by atoms with Crippen molar-refractivity contribution in [2.24, 2.45) is 11.8 Å². The molecule has 1 saturated heterocycles. The quantitative estimate of drug-likeness (QED) is 0.720. The molecule has 17 heavy (non-hydrogen) atoms. The molecule has 0 aromatic heterocycles. The fourth-order valence-corrected chi connectivity index (χ4v) is 4.46. The van der Waals surface area contributed by atoms with Crippen molar-refractivity contribution in [2.45, 2.75) is 12.6 Å². The van der Waals surface area contributed by atoms with Crippen LogP contribution in [0.5, 0.6) is 0 Å². The van der Waals surface area contributed by atoms with Gasteiger partial charge in [-0.25, -0.2) is 8.42 Å². The molecule has 0 aromatic rings. The van der Waals surface area contributed by atoms with Crippen molar-refractivity contribution < 1.29 is 26.3 Å². The van der Waals surface area contributed by atoms with Crippen molar-refractivity contribution in [3.8, 4) is 0 Å². The molecule has 0 radical (unpaired) electrons. The highest BCUT2D eigenvalue weighted by Gasteiger charge is 2.34. The maximum Gasteiger partial charge on any atom is 0.411 e. The highest BCUT2D eigenvalue weighted by molar-refractivity contribution is 9.09. The number of hydrogen-bond acceptors (Lipinski definition) is 3. The minimum atomic E-state index is -4.33. The molecule has 2 atom stereocenters. The minimum absolute atomic E-state index is 0.0542. The summed E-state index contributed by atoms with van der Waals surface area (Å²) in [5.41, 5.74) is 0. The van der Waals surface area contributed by atoms with E-state index in [1.165, 1.54) is 0 Å². The lowest BCUT2D eigenvalue weighted by Gasteiger charge is -2.20. The first-order chi connectivity index (χ1) is 7.73. The lowest BCUT2D eigenvalue weighted by atomic mass is 9.94. The van der Waals surface area contributed by atoms with Gasteiger partial charge in [0.05, 0.1) is 18.1 Å². The molecule has 0 amide bonds. The number of sulfone groups is 1. The molecule has 0 aromatic carbocycles. The first-order valence-electron chi connectivity index (χ1n) is 5.14. The Labute approximate surface area is 107 Å². The maximum atomic E-state index is 11.9. The number of rotatable bonds is 5. The zero-order chi connectivity index (χ0) is 13.1. The minimum Gasteiger partial charge on any atom is -0.372 e. The van der Waals surface area contributed by atoms with E-state index in [1.807, 2.05) is 0 Å². The van der Waals surface area contributed by atoms with Gasteiger partial charge in [0.15, 0.2) is 9.84 Å². The Balaban J connectivity index is 2.39. The third kappa shape index (κ3) is 5.56.